The number of aliphatic hydroxyl groups excluding tert-OH is 1. The number of benzene rings is 2. The number of fused-ring (bicyclic) bond motifs is 1. The Labute approximate surface area is 175 Å². The number of nitrogens with zero attached hydrogens (tertiary/aromatic N) is 1. The molecule has 0 unspecified atom stereocenters. The smallest absolute Gasteiger partial charge is 0.322 e. The van der Waals surface area contributed by atoms with Crippen LogP contribution in [0.4, 0.5) is 10.5 Å². The molecule has 3 aromatic rings. The van der Waals surface area contributed by atoms with E-state index in [1.807, 2.05) is 32.0 Å². The molecule has 7 nitrogen and oxygen atoms in total. The first-order valence-electron chi connectivity index (χ1n) is 9.86. The van der Waals surface area contributed by atoms with Crippen LogP contribution in [0, 0.1) is 13.8 Å². The van der Waals surface area contributed by atoms with E-state index in [-0.39, 0.29) is 24.7 Å². The van der Waals surface area contributed by atoms with E-state index in [0.29, 0.717) is 30.0 Å². The summed E-state index contributed by atoms with van der Waals surface area (Å²) in [6.45, 7) is 4.36. The maximum absolute atomic E-state index is 12.9. The summed E-state index contributed by atoms with van der Waals surface area (Å²) in [6, 6.07) is 12.5. The van der Waals surface area contributed by atoms with Crippen molar-refractivity contribution in [2.45, 2.75) is 26.8 Å². The fourth-order valence-electron chi connectivity index (χ4n) is 3.33. The molecular formula is C23H27N3O4. The number of aromatic nitrogens is 1. The lowest BCUT2D eigenvalue weighted by Crippen LogP contribution is -2.37. The van der Waals surface area contributed by atoms with Crippen molar-refractivity contribution in [3.8, 4) is 5.75 Å². The second kappa shape index (κ2) is 9.45. The molecule has 30 heavy (non-hydrogen) atoms. The molecule has 0 saturated carbocycles. The molecule has 0 radical (unpaired) electrons. The van der Waals surface area contributed by atoms with Gasteiger partial charge in [-0.2, -0.15) is 0 Å². The van der Waals surface area contributed by atoms with Gasteiger partial charge in [0, 0.05) is 29.8 Å². The summed E-state index contributed by atoms with van der Waals surface area (Å²) < 4.78 is 5.13. The Morgan fingerprint density at radius 3 is 2.50 bits per heavy atom. The lowest BCUT2D eigenvalue weighted by molar-refractivity contribution is 0.199. The first-order valence-corrected chi connectivity index (χ1v) is 9.86. The van der Waals surface area contributed by atoms with E-state index >= 15 is 0 Å². The van der Waals surface area contributed by atoms with Gasteiger partial charge in [-0.25, -0.2) is 4.79 Å². The van der Waals surface area contributed by atoms with Crippen LogP contribution in [0.25, 0.3) is 10.9 Å². The van der Waals surface area contributed by atoms with Gasteiger partial charge >= 0.3 is 6.03 Å². The Balaban J connectivity index is 1.86. The maximum Gasteiger partial charge on any atom is 0.322 e. The summed E-state index contributed by atoms with van der Waals surface area (Å²) in [7, 11) is 1.58. The van der Waals surface area contributed by atoms with Crippen LogP contribution in [0.1, 0.15) is 23.1 Å². The average molecular weight is 409 g/mol. The second-order valence-electron chi connectivity index (χ2n) is 7.27. The Hall–Kier alpha value is -3.32. The summed E-state index contributed by atoms with van der Waals surface area (Å²) in [5.41, 5.74) is 3.76. The number of rotatable bonds is 7. The number of hydrogen-bond acceptors (Lipinski definition) is 4. The summed E-state index contributed by atoms with van der Waals surface area (Å²) in [6.07, 6.45) is 0.416. The Bertz CT molecular complexity index is 1090. The number of aliphatic hydroxyl groups is 1. The summed E-state index contributed by atoms with van der Waals surface area (Å²) in [5, 5.41) is 13.0. The van der Waals surface area contributed by atoms with E-state index in [1.165, 1.54) is 4.90 Å². The number of carbonyl (C=O) groups excluding carboxylic acids is 1. The van der Waals surface area contributed by atoms with Gasteiger partial charge in [-0.3, -0.25) is 4.79 Å². The highest BCUT2D eigenvalue weighted by Gasteiger charge is 2.17. The monoisotopic (exact) mass is 409 g/mol. The van der Waals surface area contributed by atoms with E-state index in [9.17, 15) is 14.7 Å². The second-order valence-corrected chi connectivity index (χ2v) is 7.27. The first kappa shape index (κ1) is 21.4. The summed E-state index contributed by atoms with van der Waals surface area (Å²) >= 11 is 0. The third kappa shape index (κ3) is 4.80. The molecule has 0 atom stereocenters. The number of H-pyrrole nitrogens is 1. The molecule has 0 aliphatic rings. The number of anilines is 1. The molecular weight excluding hydrogens is 382 g/mol. The van der Waals surface area contributed by atoms with Crippen LogP contribution >= 0.6 is 0 Å². The number of aromatic amines is 1. The van der Waals surface area contributed by atoms with Crippen molar-refractivity contribution in [2.24, 2.45) is 0 Å². The third-order valence-electron chi connectivity index (χ3n) is 5.10. The molecule has 1 heterocycles. The Kier molecular flexibility index (Phi) is 6.74. The molecule has 0 spiro atoms. The minimum atomic E-state index is -0.339. The van der Waals surface area contributed by atoms with Gasteiger partial charge in [-0.1, -0.05) is 12.1 Å². The zero-order valence-electron chi connectivity index (χ0n) is 17.5. The van der Waals surface area contributed by atoms with Crippen LogP contribution in [-0.2, 0) is 6.54 Å². The maximum atomic E-state index is 12.9. The normalized spacial score (nSPS) is 10.8. The third-order valence-corrected chi connectivity index (χ3v) is 5.10. The zero-order chi connectivity index (χ0) is 21.7. The lowest BCUT2D eigenvalue weighted by atomic mass is 10.0. The number of amides is 2. The van der Waals surface area contributed by atoms with Crippen molar-refractivity contribution in [3.05, 3.63) is 69.5 Å². The minimum Gasteiger partial charge on any atom is -0.497 e. The molecule has 3 N–H and O–H groups in total. The van der Waals surface area contributed by atoms with Crippen LogP contribution in [-0.4, -0.2) is 41.3 Å². The molecule has 0 aliphatic heterocycles. The van der Waals surface area contributed by atoms with Crippen LogP contribution in [0.5, 0.6) is 5.75 Å². The van der Waals surface area contributed by atoms with E-state index in [0.717, 1.165) is 22.0 Å². The van der Waals surface area contributed by atoms with Crippen LogP contribution < -0.4 is 15.6 Å². The van der Waals surface area contributed by atoms with E-state index in [4.69, 9.17) is 4.74 Å². The predicted molar refractivity (Wildman–Crippen MR) is 118 cm³/mol. The number of pyridine rings is 1. The number of carbonyl (C=O) groups is 1. The highest BCUT2D eigenvalue weighted by atomic mass is 16.5. The van der Waals surface area contributed by atoms with Crippen molar-refractivity contribution < 1.29 is 14.6 Å². The van der Waals surface area contributed by atoms with Gasteiger partial charge in [-0.15, -0.1) is 0 Å². The van der Waals surface area contributed by atoms with Crippen LogP contribution in [0.15, 0.2) is 47.3 Å². The molecule has 0 bridgehead atoms. The van der Waals surface area contributed by atoms with E-state index < -0.39 is 0 Å². The molecule has 2 aromatic carbocycles. The van der Waals surface area contributed by atoms with E-state index in [1.54, 1.807) is 31.4 Å². The fraction of sp³-hybridized carbons (Fsp3) is 0.304. The Morgan fingerprint density at radius 1 is 1.13 bits per heavy atom. The van der Waals surface area contributed by atoms with Crippen molar-refractivity contribution in [1.29, 1.82) is 0 Å². The van der Waals surface area contributed by atoms with Crippen molar-refractivity contribution in [1.82, 2.24) is 9.88 Å². The topological polar surface area (TPSA) is 94.7 Å². The van der Waals surface area contributed by atoms with Crippen molar-refractivity contribution in [3.63, 3.8) is 0 Å². The van der Waals surface area contributed by atoms with Gasteiger partial charge in [-0.05, 0) is 61.7 Å². The molecule has 2 amide bonds. The quantitative estimate of drug-likeness (QED) is 0.556. The lowest BCUT2D eigenvalue weighted by Gasteiger charge is -2.23. The molecule has 158 valence electrons. The number of methoxy groups -OCH3 is 1. The molecule has 3 rings (SSSR count). The zero-order valence-corrected chi connectivity index (χ0v) is 17.5. The van der Waals surface area contributed by atoms with Crippen LogP contribution in [0.3, 0.4) is 0 Å². The molecule has 0 saturated heterocycles. The SMILES string of the molecule is COc1ccc(NC(=O)N(CCCO)Cc2cc3c(C)ccc(C)c3[nH]c2=O)cc1. The molecule has 7 heteroatoms. The summed E-state index contributed by atoms with van der Waals surface area (Å²) in [4.78, 5) is 30.0. The number of urea groups is 1. The van der Waals surface area contributed by atoms with Gasteiger partial charge in [0.05, 0.1) is 19.2 Å². The van der Waals surface area contributed by atoms with Gasteiger partial charge in [0.1, 0.15) is 5.75 Å². The van der Waals surface area contributed by atoms with Gasteiger partial charge in [0.25, 0.3) is 5.56 Å². The van der Waals surface area contributed by atoms with Gasteiger partial charge < -0.3 is 25.0 Å². The molecule has 1 aromatic heterocycles. The largest absolute Gasteiger partial charge is 0.497 e. The predicted octanol–water partition coefficient (Wildman–Crippen LogP) is 3.57. The fourth-order valence-corrected chi connectivity index (χ4v) is 3.33. The summed E-state index contributed by atoms with van der Waals surface area (Å²) in [5.74, 6) is 0.693. The Morgan fingerprint density at radius 2 is 1.83 bits per heavy atom. The van der Waals surface area contributed by atoms with Crippen LogP contribution in [0.2, 0.25) is 0 Å². The molecule has 0 fully saturated rings. The standard InChI is InChI=1S/C23H27N3O4/c1-15-5-6-16(2)21-20(15)13-17(22(28)25-21)14-26(11-4-12-27)23(29)24-18-7-9-19(30-3)10-8-18/h5-10,13,27H,4,11-12,14H2,1-3H3,(H,24,29)(H,25,28). The van der Waals surface area contributed by atoms with Gasteiger partial charge in [0.15, 0.2) is 0 Å². The van der Waals surface area contributed by atoms with Gasteiger partial charge in [0.2, 0.25) is 0 Å². The highest BCUT2D eigenvalue weighted by molar-refractivity contribution is 5.89. The van der Waals surface area contributed by atoms with E-state index in [2.05, 4.69) is 10.3 Å². The number of hydrogen-bond donors (Lipinski definition) is 3. The molecule has 0 aliphatic carbocycles. The van der Waals surface area contributed by atoms with Crippen molar-refractivity contribution in [2.75, 3.05) is 25.6 Å². The minimum absolute atomic E-state index is 0.0430. The number of aryl methyl sites for hydroxylation is 2. The van der Waals surface area contributed by atoms with Crippen molar-refractivity contribution >= 4 is 22.6 Å². The number of nitrogens with one attached hydrogen (secondary N) is 2. The highest BCUT2D eigenvalue weighted by Crippen LogP contribution is 2.21. The number of ether oxygens (including phenoxy) is 1. The average Bonchev–Trinajstić information content (AvgIpc) is 2.75. The first-order chi connectivity index (χ1) is 14.4.